The van der Waals surface area contributed by atoms with Crippen LogP contribution in [0.15, 0.2) is 27.6 Å². The predicted octanol–water partition coefficient (Wildman–Crippen LogP) is 2.36. The van der Waals surface area contributed by atoms with E-state index in [1.807, 2.05) is 7.05 Å². The first-order chi connectivity index (χ1) is 12.0. The first kappa shape index (κ1) is 15.2. The van der Waals surface area contributed by atoms with Crippen LogP contribution >= 0.6 is 0 Å². The minimum atomic E-state index is -0.585. The highest BCUT2D eigenvalue weighted by molar-refractivity contribution is 5.85. The van der Waals surface area contributed by atoms with Gasteiger partial charge in [-0.25, -0.2) is 9.38 Å². The van der Waals surface area contributed by atoms with Crippen molar-refractivity contribution in [3.05, 3.63) is 34.1 Å². The summed E-state index contributed by atoms with van der Waals surface area (Å²) < 4.78 is 6.96. The zero-order valence-corrected chi connectivity index (χ0v) is 13.7. The summed E-state index contributed by atoms with van der Waals surface area (Å²) in [4.78, 5) is 21.3. The monoisotopic (exact) mass is 341 g/mol. The third-order valence-electron chi connectivity index (χ3n) is 4.13. The maximum atomic E-state index is 10.8. The fourth-order valence-electron chi connectivity index (χ4n) is 2.88. The number of hydrogen-bond acceptors (Lipinski definition) is 7. The smallest absolute Gasteiger partial charge is 0.399 e. The van der Waals surface area contributed by atoms with E-state index >= 15 is 0 Å². The Morgan fingerprint density at radius 3 is 2.88 bits per heavy atom. The van der Waals surface area contributed by atoms with Gasteiger partial charge in [-0.1, -0.05) is 0 Å². The van der Waals surface area contributed by atoms with Gasteiger partial charge in [-0.15, -0.1) is 10.2 Å². The number of aliphatic imine (C=N–C) groups is 1. The van der Waals surface area contributed by atoms with E-state index in [9.17, 15) is 10.1 Å². The Kier molecular flexibility index (Phi) is 3.45. The van der Waals surface area contributed by atoms with Crippen molar-refractivity contribution in [1.29, 1.82) is 0 Å². The van der Waals surface area contributed by atoms with Crippen LogP contribution in [0.2, 0.25) is 0 Å². The number of hydrogen-bond donors (Lipinski definition) is 0. The van der Waals surface area contributed by atoms with E-state index in [4.69, 9.17) is 4.42 Å². The van der Waals surface area contributed by atoms with Crippen molar-refractivity contribution in [3.63, 3.8) is 0 Å². The van der Waals surface area contributed by atoms with E-state index in [1.54, 1.807) is 17.4 Å². The summed E-state index contributed by atoms with van der Waals surface area (Å²) in [5.41, 5.74) is 1.02. The maximum Gasteiger partial charge on any atom is 0.433 e. The van der Waals surface area contributed by atoms with Crippen molar-refractivity contribution < 1.29 is 9.34 Å². The Labute approximate surface area is 142 Å². The van der Waals surface area contributed by atoms with Crippen LogP contribution in [-0.4, -0.2) is 48.8 Å². The molecule has 1 saturated heterocycles. The van der Waals surface area contributed by atoms with Gasteiger partial charge in [0.2, 0.25) is 0 Å². The van der Waals surface area contributed by atoms with E-state index in [0.29, 0.717) is 28.9 Å². The van der Waals surface area contributed by atoms with Crippen molar-refractivity contribution >= 4 is 23.3 Å². The number of likely N-dealkylation sites (tertiary alicyclic amines) is 1. The van der Waals surface area contributed by atoms with E-state index in [1.165, 1.54) is 12.1 Å². The van der Waals surface area contributed by atoms with Gasteiger partial charge in [0.05, 0.1) is 6.07 Å². The molecule has 4 rings (SSSR count). The molecule has 1 fully saturated rings. The highest BCUT2D eigenvalue weighted by Crippen LogP contribution is 2.27. The fraction of sp³-hybridized carbons (Fsp3) is 0.333. The lowest BCUT2D eigenvalue weighted by atomic mass is 10.3. The van der Waals surface area contributed by atoms with Crippen LogP contribution in [0.5, 0.6) is 0 Å². The molecule has 1 aliphatic rings. The largest absolute Gasteiger partial charge is 0.433 e. The third kappa shape index (κ3) is 2.61. The highest BCUT2D eigenvalue weighted by atomic mass is 16.6. The van der Waals surface area contributed by atoms with Gasteiger partial charge in [0, 0.05) is 26.1 Å². The molecule has 0 unspecified atom stereocenters. The normalized spacial score (nSPS) is 16.2. The molecule has 0 bridgehead atoms. The zero-order chi connectivity index (χ0) is 17.6. The number of nitrogens with zero attached hydrogens (tertiary/aromatic N) is 7. The van der Waals surface area contributed by atoms with Crippen LogP contribution in [0.25, 0.3) is 17.1 Å². The van der Waals surface area contributed by atoms with Gasteiger partial charge in [-0.2, -0.15) is 4.99 Å². The number of nitro groups is 1. The lowest BCUT2D eigenvalue weighted by molar-refractivity contribution is -0.401. The Balaban J connectivity index is 1.77. The number of amidine groups is 1. The average molecular weight is 341 g/mol. The summed E-state index contributed by atoms with van der Waals surface area (Å²) in [5, 5.41) is 19.1. The quantitative estimate of drug-likeness (QED) is 0.530. The molecular formula is C15H15N7O3. The molecule has 0 N–H and O–H groups in total. The summed E-state index contributed by atoms with van der Waals surface area (Å²) >= 11 is 0. The average Bonchev–Trinajstić information content (AvgIpc) is 3.28. The van der Waals surface area contributed by atoms with Gasteiger partial charge in [-0.05, 0) is 19.4 Å². The number of fused-ring (bicyclic) bond motifs is 1. The van der Waals surface area contributed by atoms with Crippen molar-refractivity contribution in [2.24, 2.45) is 4.99 Å². The second kappa shape index (κ2) is 5.65. The van der Waals surface area contributed by atoms with Crippen LogP contribution in [0, 0.1) is 17.0 Å². The number of furan rings is 1. The van der Waals surface area contributed by atoms with Crippen LogP contribution in [0.4, 0.5) is 11.8 Å². The predicted molar refractivity (Wildman–Crippen MR) is 88.8 cm³/mol. The lowest BCUT2D eigenvalue weighted by Crippen LogP contribution is -2.18. The second-order valence-electron chi connectivity index (χ2n) is 5.83. The van der Waals surface area contributed by atoms with Gasteiger partial charge < -0.3 is 9.32 Å². The topological polar surface area (TPSA) is 115 Å². The van der Waals surface area contributed by atoms with Crippen LogP contribution in [0.3, 0.4) is 0 Å². The van der Waals surface area contributed by atoms with E-state index in [0.717, 1.165) is 25.2 Å². The van der Waals surface area contributed by atoms with Gasteiger partial charge >= 0.3 is 5.88 Å². The van der Waals surface area contributed by atoms with Crippen LogP contribution in [0.1, 0.15) is 18.7 Å². The molecule has 0 aromatic carbocycles. The Morgan fingerprint density at radius 2 is 2.20 bits per heavy atom. The molecule has 10 nitrogen and oxygen atoms in total. The van der Waals surface area contributed by atoms with Gasteiger partial charge in [0.15, 0.2) is 11.4 Å². The molecule has 0 aliphatic carbocycles. The molecule has 0 spiro atoms. The molecule has 0 amide bonds. The van der Waals surface area contributed by atoms with Crippen molar-refractivity contribution in [3.8, 4) is 11.5 Å². The number of aromatic nitrogens is 4. The molecular weight excluding hydrogens is 326 g/mol. The number of rotatable bonds is 3. The highest BCUT2D eigenvalue weighted by Gasteiger charge is 2.19. The van der Waals surface area contributed by atoms with Gasteiger partial charge in [0.1, 0.15) is 22.3 Å². The van der Waals surface area contributed by atoms with E-state index in [-0.39, 0.29) is 5.88 Å². The van der Waals surface area contributed by atoms with Gasteiger partial charge in [0.25, 0.3) is 5.95 Å². The van der Waals surface area contributed by atoms with Crippen LogP contribution in [-0.2, 0) is 0 Å². The molecule has 25 heavy (non-hydrogen) atoms. The summed E-state index contributed by atoms with van der Waals surface area (Å²) in [6, 6.07) is 4.49. The molecule has 0 saturated carbocycles. The second-order valence-corrected chi connectivity index (χ2v) is 5.83. The third-order valence-corrected chi connectivity index (χ3v) is 4.13. The minimum absolute atomic E-state index is 0.309. The Hall–Kier alpha value is -3.30. The molecule has 0 atom stereocenters. The minimum Gasteiger partial charge on any atom is -0.399 e. The fourth-order valence-corrected chi connectivity index (χ4v) is 2.88. The summed E-state index contributed by atoms with van der Waals surface area (Å²) in [5.74, 6) is 2.05. The Morgan fingerprint density at radius 1 is 1.36 bits per heavy atom. The standard InChI is InChI=1S/C15H15N7O3/c1-9-16-10(11-5-6-14(25-11)22(23)24)8-13-18-19-15(21(9)13)17-12-4-3-7-20(12)2/h5-6,8H,3-4,7H2,1-2H3. The van der Waals surface area contributed by atoms with Crippen molar-refractivity contribution in [2.75, 3.05) is 13.6 Å². The van der Waals surface area contributed by atoms with Crippen molar-refractivity contribution in [1.82, 2.24) is 24.5 Å². The lowest BCUT2D eigenvalue weighted by Gasteiger charge is -2.10. The summed E-state index contributed by atoms with van der Waals surface area (Å²) in [6.45, 7) is 2.79. The number of aryl methyl sites for hydroxylation is 1. The Bertz CT molecular complexity index is 1000. The summed E-state index contributed by atoms with van der Waals surface area (Å²) in [7, 11) is 2.00. The molecule has 10 heteroatoms. The SMILES string of the molecule is Cc1nc(-c2ccc([N+](=O)[O-])o2)cc2nnc(N=C3CCCN3C)n12. The molecule has 4 heterocycles. The maximum absolute atomic E-state index is 10.8. The molecule has 3 aromatic heterocycles. The van der Waals surface area contributed by atoms with E-state index < -0.39 is 4.92 Å². The van der Waals surface area contributed by atoms with Crippen LogP contribution < -0.4 is 0 Å². The first-order valence-corrected chi connectivity index (χ1v) is 7.79. The molecule has 128 valence electrons. The molecule has 0 radical (unpaired) electrons. The van der Waals surface area contributed by atoms with E-state index in [2.05, 4.69) is 25.1 Å². The molecule has 1 aliphatic heterocycles. The zero-order valence-electron chi connectivity index (χ0n) is 13.7. The van der Waals surface area contributed by atoms with Gasteiger partial charge in [-0.3, -0.25) is 10.1 Å². The summed E-state index contributed by atoms with van der Waals surface area (Å²) in [6.07, 6.45) is 1.98. The van der Waals surface area contributed by atoms with Crippen molar-refractivity contribution in [2.45, 2.75) is 19.8 Å². The first-order valence-electron chi connectivity index (χ1n) is 7.79. The molecule has 3 aromatic rings.